The molecule has 0 saturated heterocycles. The molecule has 2 heterocycles. The highest BCUT2D eigenvalue weighted by Gasteiger charge is 2.16. The maximum absolute atomic E-state index is 12.3. The summed E-state index contributed by atoms with van der Waals surface area (Å²) in [6, 6.07) is 17.8. The molecule has 0 amide bonds. The molecule has 1 aliphatic rings. The predicted octanol–water partition coefficient (Wildman–Crippen LogP) is 3.35. The van der Waals surface area contributed by atoms with Crippen LogP contribution < -0.4 is 10.4 Å². The predicted molar refractivity (Wildman–Crippen MR) is 104 cm³/mol. The quantitative estimate of drug-likeness (QED) is 0.695. The van der Waals surface area contributed by atoms with E-state index in [1.165, 1.54) is 0 Å². The second kappa shape index (κ2) is 7.62. The van der Waals surface area contributed by atoms with E-state index in [4.69, 9.17) is 4.74 Å². The SMILES string of the molecule is O=c1[nH]c2ccccc2n1C1=CCN(CCCOc2ccccc2)CC1. The van der Waals surface area contributed by atoms with Crippen molar-refractivity contribution in [3.05, 3.63) is 71.2 Å². The zero-order chi connectivity index (χ0) is 17.8. The lowest BCUT2D eigenvalue weighted by molar-refractivity contribution is 0.247. The molecule has 0 spiro atoms. The van der Waals surface area contributed by atoms with Crippen molar-refractivity contribution < 1.29 is 4.74 Å². The molecule has 1 N–H and O–H groups in total. The Morgan fingerprint density at radius 1 is 1.04 bits per heavy atom. The summed E-state index contributed by atoms with van der Waals surface area (Å²) in [4.78, 5) is 17.6. The summed E-state index contributed by atoms with van der Waals surface area (Å²) in [5, 5.41) is 0. The van der Waals surface area contributed by atoms with Crippen molar-refractivity contribution >= 4 is 16.7 Å². The van der Waals surface area contributed by atoms with Crippen LogP contribution in [0.1, 0.15) is 12.8 Å². The van der Waals surface area contributed by atoms with E-state index in [-0.39, 0.29) is 5.69 Å². The van der Waals surface area contributed by atoms with Crippen molar-refractivity contribution in [2.75, 3.05) is 26.2 Å². The van der Waals surface area contributed by atoms with Gasteiger partial charge in [0.15, 0.2) is 0 Å². The highest BCUT2D eigenvalue weighted by atomic mass is 16.5. The Kier molecular flexibility index (Phi) is 4.88. The highest BCUT2D eigenvalue weighted by molar-refractivity contribution is 5.79. The van der Waals surface area contributed by atoms with Crippen LogP contribution in [-0.4, -0.2) is 40.7 Å². The van der Waals surface area contributed by atoms with Crippen LogP contribution in [0, 0.1) is 0 Å². The summed E-state index contributed by atoms with van der Waals surface area (Å²) >= 11 is 0. The van der Waals surface area contributed by atoms with Crippen molar-refractivity contribution in [2.24, 2.45) is 0 Å². The minimum atomic E-state index is -0.0536. The average molecular weight is 349 g/mol. The van der Waals surface area contributed by atoms with Gasteiger partial charge in [0.2, 0.25) is 0 Å². The zero-order valence-electron chi connectivity index (χ0n) is 14.7. The third-order valence-corrected chi connectivity index (χ3v) is 4.78. The van der Waals surface area contributed by atoms with Gasteiger partial charge in [-0.2, -0.15) is 0 Å². The van der Waals surface area contributed by atoms with Crippen LogP contribution in [0.4, 0.5) is 0 Å². The Hall–Kier alpha value is -2.79. The van der Waals surface area contributed by atoms with Crippen molar-refractivity contribution in [3.8, 4) is 5.75 Å². The zero-order valence-corrected chi connectivity index (χ0v) is 14.7. The van der Waals surface area contributed by atoms with Crippen LogP contribution in [0.15, 0.2) is 65.5 Å². The van der Waals surface area contributed by atoms with Gasteiger partial charge in [-0.05, 0) is 30.7 Å². The van der Waals surface area contributed by atoms with Gasteiger partial charge in [0.1, 0.15) is 5.75 Å². The third-order valence-electron chi connectivity index (χ3n) is 4.78. The summed E-state index contributed by atoms with van der Waals surface area (Å²) < 4.78 is 7.56. The van der Waals surface area contributed by atoms with Crippen LogP contribution in [-0.2, 0) is 0 Å². The van der Waals surface area contributed by atoms with E-state index in [0.717, 1.165) is 61.6 Å². The number of rotatable bonds is 6. The Morgan fingerprint density at radius 2 is 1.85 bits per heavy atom. The van der Waals surface area contributed by atoms with Crippen molar-refractivity contribution in [1.29, 1.82) is 0 Å². The summed E-state index contributed by atoms with van der Waals surface area (Å²) in [5.74, 6) is 0.923. The molecule has 5 nitrogen and oxygen atoms in total. The normalized spacial score (nSPS) is 15.2. The first-order valence-corrected chi connectivity index (χ1v) is 9.10. The second-order valence-electron chi connectivity index (χ2n) is 6.54. The molecule has 134 valence electrons. The Morgan fingerprint density at radius 3 is 2.65 bits per heavy atom. The Bertz CT molecular complexity index is 956. The number of imidazole rings is 1. The molecule has 0 atom stereocenters. The van der Waals surface area contributed by atoms with Gasteiger partial charge in [-0.15, -0.1) is 0 Å². The molecule has 0 fully saturated rings. The van der Waals surface area contributed by atoms with E-state index >= 15 is 0 Å². The van der Waals surface area contributed by atoms with Crippen molar-refractivity contribution in [2.45, 2.75) is 12.8 Å². The fraction of sp³-hybridized carbons (Fsp3) is 0.286. The van der Waals surface area contributed by atoms with Gasteiger partial charge >= 0.3 is 5.69 Å². The lowest BCUT2D eigenvalue weighted by atomic mass is 10.2. The standard InChI is InChI=1S/C21H23N3O2/c25-21-22-19-9-4-5-10-20(19)24(21)17-11-14-23(15-12-17)13-6-16-26-18-7-2-1-3-8-18/h1-5,7-11H,6,12-16H2,(H,22,25). The first kappa shape index (κ1) is 16.7. The van der Waals surface area contributed by atoms with Crippen LogP contribution in [0.25, 0.3) is 16.7 Å². The number of benzene rings is 2. The Balaban J connectivity index is 1.33. The number of aromatic amines is 1. The molecule has 0 radical (unpaired) electrons. The molecule has 1 aromatic heterocycles. The van der Waals surface area contributed by atoms with Gasteiger partial charge in [-0.3, -0.25) is 9.47 Å². The van der Waals surface area contributed by atoms with E-state index < -0.39 is 0 Å². The molecule has 4 rings (SSSR count). The van der Waals surface area contributed by atoms with Gasteiger partial charge in [-0.1, -0.05) is 36.4 Å². The largest absolute Gasteiger partial charge is 0.494 e. The number of hydrogen-bond acceptors (Lipinski definition) is 3. The number of H-pyrrole nitrogens is 1. The number of fused-ring (bicyclic) bond motifs is 1. The van der Waals surface area contributed by atoms with Crippen molar-refractivity contribution in [3.63, 3.8) is 0 Å². The van der Waals surface area contributed by atoms with Crippen LogP contribution in [0.2, 0.25) is 0 Å². The monoisotopic (exact) mass is 349 g/mol. The van der Waals surface area contributed by atoms with E-state index in [2.05, 4.69) is 16.0 Å². The molecule has 3 aromatic rings. The van der Waals surface area contributed by atoms with Crippen molar-refractivity contribution in [1.82, 2.24) is 14.5 Å². The maximum atomic E-state index is 12.3. The van der Waals surface area contributed by atoms with Gasteiger partial charge in [0.05, 0.1) is 17.6 Å². The summed E-state index contributed by atoms with van der Waals surface area (Å²) in [7, 11) is 0. The average Bonchev–Trinajstić information content (AvgIpc) is 3.02. The topological polar surface area (TPSA) is 50.3 Å². The Labute approximate surface area is 152 Å². The fourth-order valence-electron chi connectivity index (χ4n) is 3.44. The lowest BCUT2D eigenvalue weighted by Gasteiger charge is -2.26. The van der Waals surface area contributed by atoms with Gasteiger partial charge in [0.25, 0.3) is 0 Å². The summed E-state index contributed by atoms with van der Waals surface area (Å²) in [6.45, 7) is 3.55. The third kappa shape index (κ3) is 3.58. The number of aromatic nitrogens is 2. The van der Waals surface area contributed by atoms with Gasteiger partial charge in [0, 0.05) is 31.8 Å². The van der Waals surface area contributed by atoms with Crippen LogP contribution in [0.3, 0.4) is 0 Å². The van der Waals surface area contributed by atoms with E-state index in [1.54, 1.807) is 0 Å². The highest BCUT2D eigenvalue weighted by Crippen LogP contribution is 2.20. The molecule has 0 saturated carbocycles. The first-order valence-electron chi connectivity index (χ1n) is 9.10. The fourth-order valence-corrected chi connectivity index (χ4v) is 3.44. The minimum absolute atomic E-state index is 0.0536. The molecule has 0 unspecified atom stereocenters. The number of ether oxygens (including phenoxy) is 1. The molecular formula is C21H23N3O2. The molecule has 5 heteroatoms. The summed E-state index contributed by atoms with van der Waals surface area (Å²) in [5.41, 5.74) is 2.87. The number of hydrogen-bond donors (Lipinski definition) is 1. The second-order valence-corrected chi connectivity index (χ2v) is 6.54. The molecule has 1 aliphatic heterocycles. The maximum Gasteiger partial charge on any atom is 0.330 e. The van der Waals surface area contributed by atoms with E-state index in [1.807, 2.05) is 59.2 Å². The van der Waals surface area contributed by atoms with E-state index in [0.29, 0.717) is 0 Å². The molecular weight excluding hydrogens is 326 g/mol. The molecule has 0 bridgehead atoms. The molecule has 26 heavy (non-hydrogen) atoms. The van der Waals surface area contributed by atoms with Gasteiger partial charge < -0.3 is 9.72 Å². The minimum Gasteiger partial charge on any atom is -0.494 e. The number of nitrogens with zero attached hydrogens (tertiary/aromatic N) is 2. The van der Waals surface area contributed by atoms with Gasteiger partial charge in [-0.25, -0.2) is 4.79 Å². The number of para-hydroxylation sites is 3. The summed E-state index contributed by atoms with van der Waals surface area (Å²) in [6.07, 6.45) is 4.04. The smallest absolute Gasteiger partial charge is 0.330 e. The first-order chi connectivity index (χ1) is 12.8. The van der Waals surface area contributed by atoms with Crippen LogP contribution >= 0.6 is 0 Å². The lowest BCUT2D eigenvalue weighted by Crippen LogP contribution is -2.32. The number of nitrogens with one attached hydrogen (secondary N) is 1. The van der Waals surface area contributed by atoms with Crippen LogP contribution in [0.5, 0.6) is 5.75 Å². The van der Waals surface area contributed by atoms with E-state index in [9.17, 15) is 4.79 Å². The molecule has 0 aliphatic carbocycles. The molecule has 2 aromatic carbocycles.